The molecule has 2 aliphatic heterocycles. The molecule has 0 aromatic rings. The molecule has 2 rings (SSSR count). The van der Waals surface area contributed by atoms with E-state index in [1.165, 1.54) is 38.7 Å². The molecular formula is C11H22N2O2S. The van der Waals surface area contributed by atoms with Crippen molar-refractivity contribution in [3.63, 3.8) is 0 Å². The van der Waals surface area contributed by atoms with Gasteiger partial charge in [-0.05, 0) is 38.8 Å². The maximum Gasteiger partial charge on any atom is 0.148 e. The normalized spacial score (nSPS) is 36.2. The number of nitrogens with one attached hydrogen (secondary N) is 1. The highest BCUT2D eigenvalue weighted by Gasteiger charge is 2.34. The van der Waals surface area contributed by atoms with Crippen molar-refractivity contribution in [2.24, 2.45) is 5.92 Å². The highest BCUT2D eigenvalue weighted by atomic mass is 32.2. The summed E-state index contributed by atoms with van der Waals surface area (Å²) in [5.74, 6) is 0.982. The Morgan fingerprint density at radius 3 is 2.75 bits per heavy atom. The van der Waals surface area contributed by atoms with Crippen LogP contribution in [0.5, 0.6) is 0 Å². The van der Waals surface area contributed by atoms with Crippen LogP contribution in [0.3, 0.4) is 0 Å². The van der Waals surface area contributed by atoms with Crippen LogP contribution >= 0.6 is 0 Å². The number of sulfone groups is 1. The fraction of sp³-hybridized carbons (Fsp3) is 1.00. The van der Waals surface area contributed by atoms with Crippen molar-refractivity contribution in [3.8, 4) is 0 Å². The number of hydrogen-bond acceptors (Lipinski definition) is 4. The van der Waals surface area contributed by atoms with Gasteiger partial charge in [0.15, 0.2) is 0 Å². The molecule has 0 saturated carbocycles. The third-order valence-corrected chi connectivity index (χ3v) is 4.79. The Balaban J connectivity index is 1.85. The summed E-state index contributed by atoms with van der Waals surface area (Å²) in [7, 11) is -2.86. The van der Waals surface area contributed by atoms with Gasteiger partial charge in [0.2, 0.25) is 0 Å². The molecule has 1 N–H and O–H groups in total. The first-order valence-electron chi connectivity index (χ1n) is 6.10. The monoisotopic (exact) mass is 246 g/mol. The first kappa shape index (κ1) is 12.3. The van der Waals surface area contributed by atoms with E-state index in [-0.39, 0.29) is 11.8 Å². The molecule has 5 heteroatoms. The van der Waals surface area contributed by atoms with Gasteiger partial charge in [-0.1, -0.05) is 0 Å². The summed E-state index contributed by atoms with van der Waals surface area (Å²) >= 11 is 0. The van der Waals surface area contributed by atoms with Gasteiger partial charge < -0.3 is 10.2 Å². The second-order valence-corrected chi connectivity index (χ2v) is 7.59. The van der Waals surface area contributed by atoms with Crippen molar-refractivity contribution in [1.29, 1.82) is 0 Å². The van der Waals surface area contributed by atoms with Crippen LogP contribution in [-0.2, 0) is 9.84 Å². The average Bonchev–Trinajstić information content (AvgIpc) is 2.51. The zero-order valence-corrected chi connectivity index (χ0v) is 11.0. The van der Waals surface area contributed by atoms with Crippen molar-refractivity contribution < 1.29 is 8.42 Å². The maximum absolute atomic E-state index is 11.2. The van der Waals surface area contributed by atoms with Gasteiger partial charge in [-0.2, -0.15) is 0 Å². The third kappa shape index (κ3) is 3.18. The predicted molar refractivity (Wildman–Crippen MR) is 65.3 cm³/mol. The molecule has 2 heterocycles. The molecule has 94 valence electrons. The summed E-state index contributed by atoms with van der Waals surface area (Å²) in [5, 5.41) is 3.50. The Kier molecular flexibility index (Phi) is 3.56. The highest BCUT2D eigenvalue weighted by Crippen LogP contribution is 2.27. The van der Waals surface area contributed by atoms with Crippen molar-refractivity contribution in [1.82, 2.24) is 10.2 Å². The molecule has 0 spiro atoms. The van der Waals surface area contributed by atoms with E-state index < -0.39 is 9.84 Å². The summed E-state index contributed by atoms with van der Waals surface area (Å²) < 4.78 is 22.4. The molecule has 0 aromatic carbocycles. The molecule has 2 saturated heterocycles. The van der Waals surface area contributed by atoms with E-state index in [4.69, 9.17) is 0 Å². The minimum Gasteiger partial charge on any atom is -0.310 e. The van der Waals surface area contributed by atoms with Gasteiger partial charge in [-0.25, -0.2) is 8.42 Å². The Morgan fingerprint density at radius 2 is 2.06 bits per heavy atom. The molecular weight excluding hydrogens is 224 g/mol. The van der Waals surface area contributed by atoms with E-state index in [2.05, 4.69) is 10.2 Å². The molecule has 4 unspecified atom stereocenters. The number of nitrogens with zero attached hydrogens (tertiary/aromatic N) is 1. The van der Waals surface area contributed by atoms with Crippen LogP contribution in [0.25, 0.3) is 0 Å². The summed E-state index contributed by atoms with van der Waals surface area (Å²) in [6.45, 7) is 5.56. The second kappa shape index (κ2) is 4.63. The molecule has 0 aromatic heterocycles. The van der Waals surface area contributed by atoms with Crippen molar-refractivity contribution >= 4 is 9.84 Å². The lowest BCUT2D eigenvalue weighted by Gasteiger charge is -2.33. The molecule has 4 atom stereocenters. The maximum atomic E-state index is 11.2. The van der Waals surface area contributed by atoms with Gasteiger partial charge in [0, 0.05) is 24.9 Å². The Bertz CT molecular complexity index is 342. The van der Waals surface area contributed by atoms with Crippen molar-refractivity contribution in [2.45, 2.75) is 31.8 Å². The lowest BCUT2D eigenvalue weighted by Crippen LogP contribution is -2.48. The van der Waals surface area contributed by atoms with E-state index in [1.807, 2.05) is 6.92 Å². The van der Waals surface area contributed by atoms with Gasteiger partial charge in [-0.3, -0.25) is 0 Å². The summed E-state index contributed by atoms with van der Waals surface area (Å²) in [6.07, 6.45) is 3.74. The number of hydrogen-bond donors (Lipinski definition) is 1. The van der Waals surface area contributed by atoms with Crippen molar-refractivity contribution in [3.05, 3.63) is 0 Å². The molecule has 0 radical (unpaired) electrons. The summed E-state index contributed by atoms with van der Waals surface area (Å²) in [5.41, 5.74) is 0. The van der Waals surface area contributed by atoms with E-state index >= 15 is 0 Å². The Labute approximate surface area is 98.3 Å². The van der Waals surface area contributed by atoms with E-state index in [9.17, 15) is 8.42 Å². The summed E-state index contributed by atoms with van der Waals surface area (Å²) in [6, 6.07) is 0.600. The standard InChI is InChI=1S/C11H22N2O2S/c1-9(8-16(2,14)15)12-11-4-6-13-5-3-10(11)7-13/h9-12H,3-8H2,1-2H3. The van der Waals surface area contributed by atoms with Gasteiger partial charge >= 0.3 is 0 Å². The van der Waals surface area contributed by atoms with Crippen LogP contribution in [0.15, 0.2) is 0 Å². The van der Waals surface area contributed by atoms with Gasteiger partial charge in [0.1, 0.15) is 9.84 Å². The van der Waals surface area contributed by atoms with Crippen LogP contribution in [0, 0.1) is 5.92 Å². The zero-order valence-electron chi connectivity index (χ0n) is 10.1. The topological polar surface area (TPSA) is 49.4 Å². The molecule has 2 fully saturated rings. The van der Waals surface area contributed by atoms with Crippen LogP contribution in [0.1, 0.15) is 19.8 Å². The molecule has 0 aliphatic carbocycles. The lowest BCUT2D eigenvalue weighted by molar-refractivity contribution is 0.214. The minimum atomic E-state index is -2.86. The largest absolute Gasteiger partial charge is 0.310 e. The molecule has 2 bridgehead atoms. The smallest absolute Gasteiger partial charge is 0.148 e. The SMILES string of the molecule is CC(CS(C)(=O)=O)NC1CCN2CCC1C2. The van der Waals surface area contributed by atoms with Gasteiger partial charge in [-0.15, -0.1) is 0 Å². The molecule has 2 aliphatic rings. The first-order valence-corrected chi connectivity index (χ1v) is 8.16. The van der Waals surface area contributed by atoms with E-state index in [0.717, 1.165) is 5.92 Å². The van der Waals surface area contributed by atoms with Crippen molar-refractivity contribution in [2.75, 3.05) is 31.6 Å². The van der Waals surface area contributed by atoms with Crippen LogP contribution in [0.2, 0.25) is 0 Å². The number of piperidine rings is 1. The van der Waals surface area contributed by atoms with Gasteiger partial charge in [0.05, 0.1) is 5.75 Å². The predicted octanol–water partition coefficient (Wildman–Crippen LogP) is 0.103. The second-order valence-electron chi connectivity index (χ2n) is 5.40. The van der Waals surface area contributed by atoms with Gasteiger partial charge in [0.25, 0.3) is 0 Å². The quantitative estimate of drug-likeness (QED) is 0.764. The molecule has 0 amide bonds. The Hall–Kier alpha value is -0.130. The third-order valence-electron chi connectivity index (χ3n) is 3.69. The first-order chi connectivity index (χ1) is 7.44. The van der Waals surface area contributed by atoms with Crippen LogP contribution in [-0.4, -0.2) is 57.0 Å². The van der Waals surface area contributed by atoms with Crippen LogP contribution < -0.4 is 5.32 Å². The Morgan fingerprint density at radius 1 is 1.38 bits per heavy atom. The highest BCUT2D eigenvalue weighted by molar-refractivity contribution is 7.90. The fourth-order valence-corrected chi connectivity index (χ4v) is 4.04. The van der Waals surface area contributed by atoms with E-state index in [0.29, 0.717) is 6.04 Å². The lowest BCUT2D eigenvalue weighted by atomic mass is 9.93. The summed E-state index contributed by atoms with van der Waals surface area (Å²) in [4.78, 5) is 2.50. The number of fused-ring (bicyclic) bond motifs is 2. The number of rotatable bonds is 4. The molecule has 16 heavy (non-hydrogen) atoms. The van der Waals surface area contributed by atoms with E-state index in [1.54, 1.807) is 0 Å². The minimum absolute atomic E-state index is 0.0761. The zero-order chi connectivity index (χ0) is 11.8. The molecule has 4 nitrogen and oxygen atoms in total. The average molecular weight is 246 g/mol. The fourth-order valence-electron chi connectivity index (χ4n) is 3.04. The van der Waals surface area contributed by atoms with Crippen LogP contribution in [0.4, 0.5) is 0 Å².